The third kappa shape index (κ3) is 4.03. The molecule has 0 aliphatic rings. The summed E-state index contributed by atoms with van der Waals surface area (Å²) in [6, 6.07) is 8.33. The van der Waals surface area contributed by atoms with Gasteiger partial charge in [-0.3, -0.25) is 4.79 Å². The highest BCUT2D eigenvalue weighted by atomic mass is 16.2. The van der Waals surface area contributed by atoms with Crippen LogP contribution in [0, 0.1) is 6.92 Å². The Labute approximate surface area is 97.5 Å². The zero-order chi connectivity index (χ0) is 12.0. The first-order valence-electron chi connectivity index (χ1n) is 5.56. The Morgan fingerprint density at radius 3 is 2.62 bits per heavy atom. The number of nitrogens with one attached hydrogen (secondary N) is 1. The lowest BCUT2D eigenvalue weighted by Crippen LogP contribution is -2.33. The van der Waals surface area contributed by atoms with E-state index in [-0.39, 0.29) is 5.91 Å². The summed E-state index contributed by atoms with van der Waals surface area (Å²) in [5, 5.41) is 3.15. The minimum absolute atomic E-state index is 0.116. The van der Waals surface area contributed by atoms with Crippen molar-refractivity contribution in [3.8, 4) is 0 Å². The molecule has 0 bridgehead atoms. The summed E-state index contributed by atoms with van der Waals surface area (Å²) < 4.78 is 0. The topological polar surface area (TPSA) is 32.3 Å². The lowest BCUT2D eigenvalue weighted by molar-refractivity contribution is -0.127. The van der Waals surface area contributed by atoms with Gasteiger partial charge in [-0.2, -0.15) is 0 Å². The van der Waals surface area contributed by atoms with E-state index in [0.717, 1.165) is 13.0 Å². The van der Waals surface area contributed by atoms with Crippen LogP contribution < -0.4 is 5.32 Å². The number of nitrogens with zero attached hydrogens (tertiary/aromatic N) is 1. The Balaban J connectivity index is 2.26. The van der Waals surface area contributed by atoms with Gasteiger partial charge in [0.1, 0.15) is 0 Å². The van der Waals surface area contributed by atoms with Crippen molar-refractivity contribution in [2.75, 3.05) is 27.2 Å². The fourth-order valence-electron chi connectivity index (χ4n) is 1.47. The summed E-state index contributed by atoms with van der Waals surface area (Å²) in [7, 11) is 3.54. The highest BCUT2D eigenvalue weighted by molar-refractivity contribution is 5.77. The number of hydrogen-bond donors (Lipinski definition) is 1. The van der Waals surface area contributed by atoms with Crippen LogP contribution in [0.25, 0.3) is 0 Å². The molecule has 0 aliphatic heterocycles. The molecule has 1 aromatic carbocycles. The smallest absolute Gasteiger partial charge is 0.236 e. The average molecular weight is 220 g/mol. The predicted molar refractivity (Wildman–Crippen MR) is 66.4 cm³/mol. The molecule has 1 rings (SSSR count). The van der Waals surface area contributed by atoms with Gasteiger partial charge in [0, 0.05) is 14.1 Å². The summed E-state index contributed by atoms with van der Waals surface area (Å²) in [4.78, 5) is 12.9. The van der Waals surface area contributed by atoms with E-state index >= 15 is 0 Å². The summed E-state index contributed by atoms with van der Waals surface area (Å²) in [5.41, 5.74) is 2.65. The van der Waals surface area contributed by atoms with Crippen molar-refractivity contribution in [2.24, 2.45) is 0 Å². The van der Waals surface area contributed by atoms with Gasteiger partial charge < -0.3 is 10.2 Å². The number of carbonyl (C=O) groups is 1. The van der Waals surface area contributed by atoms with Crippen LogP contribution in [0.4, 0.5) is 0 Å². The van der Waals surface area contributed by atoms with Gasteiger partial charge in [-0.05, 0) is 31.0 Å². The molecule has 16 heavy (non-hydrogen) atoms. The maximum Gasteiger partial charge on any atom is 0.236 e. The standard InChI is InChI=1S/C13H20N2O/c1-11-6-4-5-7-12(11)8-9-14-10-13(16)15(2)3/h4-7,14H,8-10H2,1-3H3. The number of amides is 1. The van der Waals surface area contributed by atoms with Gasteiger partial charge in [-0.15, -0.1) is 0 Å². The molecule has 1 aromatic rings. The van der Waals surface area contributed by atoms with Crippen LogP contribution in [0.2, 0.25) is 0 Å². The first-order valence-corrected chi connectivity index (χ1v) is 5.56. The Hall–Kier alpha value is -1.35. The van der Waals surface area contributed by atoms with Crippen molar-refractivity contribution in [1.29, 1.82) is 0 Å². The SMILES string of the molecule is Cc1ccccc1CCNCC(=O)N(C)C. The number of hydrogen-bond acceptors (Lipinski definition) is 2. The molecule has 3 heteroatoms. The molecule has 0 aliphatic carbocycles. The minimum Gasteiger partial charge on any atom is -0.348 e. The molecule has 0 spiro atoms. The Morgan fingerprint density at radius 1 is 1.31 bits per heavy atom. The van der Waals surface area contributed by atoms with E-state index in [9.17, 15) is 4.79 Å². The normalized spacial score (nSPS) is 10.2. The molecular formula is C13H20N2O. The Morgan fingerprint density at radius 2 is 2.00 bits per heavy atom. The highest BCUT2D eigenvalue weighted by Crippen LogP contribution is 2.06. The van der Waals surface area contributed by atoms with Crippen LogP contribution >= 0.6 is 0 Å². The average Bonchev–Trinajstić information content (AvgIpc) is 2.26. The molecule has 0 fully saturated rings. The fraction of sp³-hybridized carbons (Fsp3) is 0.462. The minimum atomic E-state index is 0.116. The van der Waals surface area contributed by atoms with Gasteiger partial charge in [0.05, 0.1) is 6.54 Å². The molecule has 1 amide bonds. The van der Waals surface area contributed by atoms with Gasteiger partial charge in [0.25, 0.3) is 0 Å². The molecule has 0 aromatic heterocycles. The van der Waals surface area contributed by atoms with Gasteiger partial charge in [-0.25, -0.2) is 0 Å². The first-order chi connectivity index (χ1) is 7.61. The van der Waals surface area contributed by atoms with Gasteiger partial charge in [0.2, 0.25) is 5.91 Å². The third-order valence-corrected chi connectivity index (χ3v) is 2.61. The molecule has 0 atom stereocenters. The zero-order valence-corrected chi connectivity index (χ0v) is 10.3. The molecule has 0 saturated carbocycles. The number of carbonyl (C=O) groups excluding carboxylic acids is 1. The molecule has 1 N–H and O–H groups in total. The summed E-state index contributed by atoms with van der Waals surface area (Å²) in [6.45, 7) is 3.36. The van der Waals surface area contributed by atoms with Crippen molar-refractivity contribution < 1.29 is 4.79 Å². The zero-order valence-electron chi connectivity index (χ0n) is 10.3. The summed E-state index contributed by atoms with van der Waals surface area (Å²) >= 11 is 0. The van der Waals surface area contributed by atoms with Crippen molar-refractivity contribution in [3.05, 3.63) is 35.4 Å². The van der Waals surface area contributed by atoms with E-state index < -0.39 is 0 Å². The van der Waals surface area contributed by atoms with Crippen LogP contribution in [-0.2, 0) is 11.2 Å². The van der Waals surface area contributed by atoms with Gasteiger partial charge in [0.15, 0.2) is 0 Å². The number of likely N-dealkylation sites (N-methyl/N-ethyl adjacent to an activating group) is 1. The third-order valence-electron chi connectivity index (χ3n) is 2.61. The molecule has 0 radical (unpaired) electrons. The van der Waals surface area contributed by atoms with E-state index in [1.807, 2.05) is 12.1 Å². The van der Waals surface area contributed by atoms with Gasteiger partial charge in [-0.1, -0.05) is 24.3 Å². The maximum atomic E-state index is 11.3. The Kier molecular flexibility index (Phi) is 4.99. The number of benzene rings is 1. The quantitative estimate of drug-likeness (QED) is 0.757. The van der Waals surface area contributed by atoms with Gasteiger partial charge >= 0.3 is 0 Å². The summed E-state index contributed by atoms with van der Waals surface area (Å²) in [6.07, 6.45) is 0.966. The van der Waals surface area contributed by atoms with E-state index in [1.165, 1.54) is 11.1 Å². The predicted octanol–water partition coefficient (Wildman–Crippen LogP) is 1.22. The lowest BCUT2D eigenvalue weighted by Gasteiger charge is -2.11. The van der Waals surface area contributed by atoms with E-state index in [1.54, 1.807) is 19.0 Å². The molecule has 88 valence electrons. The second-order valence-electron chi connectivity index (χ2n) is 4.14. The van der Waals surface area contributed by atoms with E-state index in [4.69, 9.17) is 0 Å². The molecule has 0 saturated heterocycles. The van der Waals surface area contributed by atoms with Crippen LogP contribution in [-0.4, -0.2) is 38.0 Å². The second kappa shape index (κ2) is 6.28. The largest absolute Gasteiger partial charge is 0.348 e. The first kappa shape index (κ1) is 12.7. The van der Waals surface area contributed by atoms with Crippen molar-refractivity contribution in [2.45, 2.75) is 13.3 Å². The van der Waals surface area contributed by atoms with Crippen molar-refractivity contribution in [1.82, 2.24) is 10.2 Å². The van der Waals surface area contributed by atoms with Crippen LogP contribution in [0.3, 0.4) is 0 Å². The fourth-order valence-corrected chi connectivity index (χ4v) is 1.47. The van der Waals surface area contributed by atoms with Crippen molar-refractivity contribution in [3.63, 3.8) is 0 Å². The van der Waals surface area contributed by atoms with E-state index in [2.05, 4.69) is 24.4 Å². The maximum absolute atomic E-state index is 11.3. The second-order valence-corrected chi connectivity index (χ2v) is 4.14. The highest BCUT2D eigenvalue weighted by Gasteiger charge is 2.02. The van der Waals surface area contributed by atoms with E-state index in [0.29, 0.717) is 6.54 Å². The van der Waals surface area contributed by atoms with Crippen LogP contribution in [0.5, 0.6) is 0 Å². The molecule has 3 nitrogen and oxygen atoms in total. The lowest BCUT2D eigenvalue weighted by atomic mass is 10.1. The summed E-state index contributed by atoms with van der Waals surface area (Å²) in [5.74, 6) is 0.116. The number of aryl methyl sites for hydroxylation is 1. The molecular weight excluding hydrogens is 200 g/mol. The number of rotatable bonds is 5. The molecule has 0 heterocycles. The van der Waals surface area contributed by atoms with Crippen LogP contribution in [0.1, 0.15) is 11.1 Å². The van der Waals surface area contributed by atoms with Crippen LogP contribution in [0.15, 0.2) is 24.3 Å². The Bertz CT molecular complexity index is 348. The molecule has 0 unspecified atom stereocenters. The van der Waals surface area contributed by atoms with Crippen molar-refractivity contribution >= 4 is 5.91 Å². The monoisotopic (exact) mass is 220 g/mol.